The predicted octanol–water partition coefficient (Wildman–Crippen LogP) is 4.08. The first kappa shape index (κ1) is 14.9. The van der Waals surface area contributed by atoms with Crippen LogP contribution in [0.5, 0.6) is 0 Å². The molecule has 0 spiro atoms. The first-order valence-electron chi connectivity index (χ1n) is 5.94. The molecule has 108 valence electrons. The van der Waals surface area contributed by atoms with Crippen molar-refractivity contribution in [3.63, 3.8) is 0 Å². The van der Waals surface area contributed by atoms with Gasteiger partial charge in [0.05, 0.1) is 4.88 Å². The van der Waals surface area contributed by atoms with Gasteiger partial charge in [0.2, 0.25) is 0 Å². The molecule has 20 heavy (non-hydrogen) atoms. The molecule has 0 aliphatic rings. The highest BCUT2D eigenvalue weighted by atomic mass is 32.1. The van der Waals surface area contributed by atoms with Gasteiger partial charge in [0.25, 0.3) is 0 Å². The van der Waals surface area contributed by atoms with Crippen molar-refractivity contribution in [3.8, 4) is 10.4 Å². The summed E-state index contributed by atoms with van der Waals surface area (Å²) in [6, 6.07) is 4.04. The summed E-state index contributed by atoms with van der Waals surface area (Å²) in [5.41, 5.74) is 1.18. The molecule has 0 fully saturated rings. The molecule has 0 radical (unpaired) electrons. The van der Waals surface area contributed by atoms with Crippen LogP contribution in [0.3, 0.4) is 0 Å². The summed E-state index contributed by atoms with van der Waals surface area (Å²) >= 11 is 0.560. The smallest absolute Gasteiger partial charge is 0.313 e. The third-order valence-corrected chi connectivity index (χ3v) is 3.72. The number of aromatic nitrogens is 1. The number of benzene rings is 1. The van der Waals surface area contributed by atoms with Crippen molar-refractivity contribution in [1.82, 2.24) is 10.3 Å². The van der Waals surface area contributed by atoms with Crippen molar-refractivity contribution in [2.75, 3.05) is 6.54 Å². The normalized spacial score (nSPS) is 11.8. The monoisotopic (exact) mass is 304 g/mol. The molecule has 0 aliphatic heterocycles. The molecule has 7 heteroatoms. The van der Waals surface area contributed by atoms with E-state index in [2.05, 4.69) is 10.3 Å². The van der Waals surface area contributed by atoms with Gasteiger partial charge >= 0.3 is 6.18 Å². The largest absolute Gasteiger partial charge is 0.443 e. The molecular weight excluding hydrogens is 292 g/mol. The number of nitrogens with zero attached hydrogens (tertiary/aromatic N) is 1. The number of nitrogens with one attached hydrogen (secondary N) is 1. The van der Waals surface area contributed by atoms with Crippen LogP contribution in [-0.4, -0.2) is 11.5 Å². The lowest BCUT2D eigenvalue weighted by atomic mass is 10.1. The van der Waals surface area contributed by atoms with E-state index in [-0.39, 0.29) is 0 Å². The van der Waals surface area contributed by atoms with Crippen LogP contribution in [0.1, 0.15) is 17.5 Å². The number of alkyl halides is 3. The highest BCUT2D eigenvalue weighted by Crippen LogP contribution is 2.37. The number of hydrogen-bond acceptors (Lipinski definition) is 3. The van der Waals surface area contributed by atoms with Crippen LogP contribution >= 0.6 is 11.3 Å². The van der Waals surface area contributed by atoms with E-state index in [4.69, 9.17) is 0 Å². The molecule has 2 nitrogen and oxygen atoms in total. The Hall–Kier alpha value is -1.47. The van der Waals surface area contributed by atoms with Crippen molar-refractivity contribution in [2.45, 2.75) is 19.6 Å². The zero-order chi connectivity index (χ0) is 14.8. The van der Waals surface area contributed by atoms with E-state index < -0.39 is 17.0 Å². The average molecular weight is 304 g/mol. The molecular formula is C13H12F4N2S. The van der Waals surface area contributed by atoms with E-state index in [0.717, 1.165) is 0 Å². The van der Waals surface area contributed by atoms with Gasteiger partial charge in [-0.15, -0.1) is 11.3 Å². The summed E-state index contributed by atoms with van der Waals surface area (Å²) < 4.78 is 50.9. The number of thiazole rings is 1. The second kappa shape index (κ2) is 5.88. The fourth-order valence-electron chi connectivity index (χ4n) is 1.74. The van der Waals surface area contributed by atoms with Crippen molar-refractivity contribution in [2.24, 2.45) is 0 Å². The lowest BCUT2D eigenvalue weighted by molar-refractivity contribution is -0.137. The van der Waals surface area contributed by atoms with E-state index in [0.29, 0.717) is 40.4 Å². The van der Waals surface area contributed by atoms with Crippen LogP contribution in [0.15, 0.2) is 24.4 Å². The molecule has 1 heterocycles. The predicted molar refractivity (Wildman–Crippen MR) is 69.9 cm³/mol. The zero-order valence-corrected chi connectivity index (χ0v) is 11.4. The molecule has 0 saturated carbocycles. The topological polar surface area (TPSA) is 24.9 Å². The maximum absolute atomic E-state index is 13.3. The Labute approximate surface area is 117 Å². The van der Waals surface area contributed by atoms with Crippen LogP contribution in [0.4, 0.5) is 17.6 Å². The van der Waals surface area contributed by atoms with Crippen LogP contribution < -0.4 is 5.32 Å². The van der Waals surface area contributed by atoms with Crippen molar-refractivity contribution >= 4 is 11.3 Å². The van der Waals surface area contributed by atoms with E-state index in [1.54, 1.807) is 0 Å². The SMILES string of the molecule is CCNCc1cc(F)ccc1-c1cnc(C(F)(F)F)s1. The van der Waals surface area contributed by atoms with Crippen LogP contribution in [0, 0.1) is 5.82 Å². The summed E-state index contributed by atoms with van der Waals surface area (Å²) in [7, 11) is 0. The number of hydrogen-bond donors (Lipinski definition) is 1. The molecule has 0 amide bonds. The van der Waals surface area contributed by atoms with E-state index >= 15 is 0 Å². The summed E-state index contributed by atoms with van der Waals surface area (Å²) in [5.74, 6) is -0.415. The van der Waals surface area contributed by atoms with Gasteiger partial charge in [-0.05, 0) is 29.8 Å². The third-order valence-electron chi connectivity index (χ3n) is 2.65. The molecule has 0 saturated heterocycles. The van der Waals surface area contributed by atoms with Gasteiger partial charge in [0.15, 0.2) is 5.01 Å². The summed E-state index contributed by atoms with van der Waals surface area (Å²) in [5, 5.41) is 2.14. The molecule has 0 bridgehead atoms. The minimum atomic E-state index is -4.45. The van der Waals surface area contributed by atoms with Gasteiger partial charge < -0.3 is 5.32 Å². The fourth-order valence-corrected chi connectivity index (χ4v) is 2.58. The van der Waals surface area contributed by atoms with Gasteiger partial charge in [-0.25, -0.2) is 9.37 Å². The quantitative estimate of drug-likeness (QED) is 0.861. The van der Waals surface area contributed by atoms with Crippen LogP contribution in [0.2, 0.25) is 0 Å². The Kier molecular flexibility index (Phi) is 4.39. The second-order valence-electron chi connectivity index (χ2n) is 4.11. The molecule has 0 aliphatic carbocycles. The Morgan fingerprint density at radius 2 is 2.05 bits per heavy atom. The summed E-state index contributed by atoms with van der Waals surface area (Å²) in [6.07, 6.45) is -3.28. The first-order chi connectivity index (χ1) is 9.41. The maximum Gasteiger partial charge on any atom is 0.443 e. The second-order valence-corrected chi connectivity index (χ2v) is 5.14. The Morgan fingerprint density at radius 1 is 1.30 bits per heavy atom. The third kappa shape index (κ3) is 3.34. The van der Waals surface area contributed by atoms with E-state index in [9.17, 15) is 17.6 Å². The van der Waals surface area contributed by atoms with Crippen LogP contribution in [0.25, 0.3) is 10.4 Å². The van der Waals surface area contributed by atoms with Gasteiger partial charge in [-0.2, -0.15) is 13.2 Å². The van der Waals surface area contributed by atoms with Gasteiger partial charge in [-0.3, -0.25) is 0 Å². The van der Waals surface area contributed by atoms with Crippen molar-refractivity contribution in [1.29, 1.82) is 0 Å². The molecule has 1 aromatic carbocycles. The number of rotatable bonds is 4. The Balaban J connectivity index is 2.39. The minimum Gasteiger partial charge on any atom is -0.313 e. The highest BCUT2D eigenvalue weighted by Gasteiger charge is 2.34. The van der Waals surface area contributed by atoms with Gasteiger partial charge in [0, 0.05) is 12.7 Å². The minimum absolute atomic E-state index is 0.380. The fraction of sp³-hybridized carbons (Fsp3) is 0.308. The number of halogens is 4. The Morgan fingerprint density at radius 3 is 2.65 bits per heavy atom. The van der Waals surface area contributed by atoms with Gasteiger partial charge in [-0.1, -0.05) is 13.0 Å². The van der Waals surface area contributed by atoms with E-state index in [1.807, 2.05) is 6.92 Å². The van der Waals surface area contributed by atoms with Crippen molar-refractivity contribution in [3.05, 3.63) is 40.8 Å². The first-order valence-corrected chi connectivity index (χ1v) is 6.76. The molecule has 0 atom stereocenters. The Bertz CT molecular complexity index is 592. The van der Waals surface area contributed by atoms with Crippen LogP contribution in [-0.2, 0) is 12.7 Å². The molecule has 2 aromatic rings. The maximum atomic E-state index is 13.3. The molecule has 1 N–H and O–H groups in total. The molecule has 1 aromatic heterocycles. The van der Waals surface area contributed by atoms with Gasteiger partial charge in [0.1, 0.15) is 5.82 Å². The lowest BCUT2D eigenvalue weighted by Gasteiger charge is -2.08. The van der Waals surface area contributed by atoms with E-state index in [1.165, 1.54) is 24.4 Å². The summed E-state index contributed by atoms with van der Waals surface area (Å²) in [6.45, 7) is 2.97. The zero-order valence-electron chi connectivity index (χ0n) is 10.6. The summed E-state index contributed by atoms with van der Waals surface area (Å²) in [4.78, 5) is 3.77. The highest BCUT2D eigenvalue weighted by molar-refractivity contribution is 7.15. The van der Waals surface area contributed by atoms with Crippen molar-refractivity contribution < 1.29 is 17.6 Å². The average Bonchev–Trinajstić information content (AvgIpc) is 2.85. The lowest BCUT2D eigenvalue weighted by Crippen LogP contribution is -2.12. The standard InChI is InChI=1S/C13H12F4N2S/c1-2-18-6-8-5-9(14)3-4-10(8)11-7-19-12(20-11)13(15,16)17/h3-5,7,18H,2,6H2,1H3. The molecule has 0 unspecified atom stereocenters. The molecule has 2 rings (SSSR count).